The Bertz CT molecular complexity index is 922. The molecule has 0 spiro atoms. The van der Waals surface area contributed by atoms with Crippen molar-refractivity contribution >= 4 is 10.1 Å². The predicted molar refractivity (Wildman–Crippen MR) is 99.3 cm³/mol. The Kier molecular flexibility index (Phi) is 4.71. The number of phenols is 2. The molecule has 0 unspecified atom stereocenters. The molecule has 0 radical (unpaired) electrons. The zero-order chi connectivity index (χ0) is 18.8. The fraction of sp³-hybridized carbons (Fsp3) is 0.100. The average Bonchev–Trinajstić information content (AvgIpc) is 2.65. The SMILES string of the molecule is C=C1/C=C\C=C/CS(=O)(=O)OC1(c1ccc(O)cc1)c1ccc(O)cc1. The summed E-state index contributed by atoms with van der Waals surface area (Å²) in [6.45, 7) is 4.04. The minimum atomic E-state index is -3.94. The quantitative estimate of drug-likeness (QED) is 0.792. The Morgan fingerprint density at radius 3 is 1.88 bits per heavy atom. The zero-order valence-electron chi connectivity index (χ0n) is 13.9. The number of rotatable bonds is 2. The second kappa shape index (κ2) is 6.82. The van der Waals surface area contributed by atoms with Crippen LogP contribution in [-0.4, -0.2) is 24.4 Å². The van der Waals surface area contributed by atoms with Gasteiger partial charge in [-0.2, -0.15) is 8.42 Å². The highest BCUT2D eigenvalue weighted by Gasteiger charge is 2.42. The lowest BCUT2D eigenvalue weighted by Gasteiger charge is -2.34. The fourth-order valence-corrected chi connectivity index (χ4v) is 3.94. The molecule has 0 fully saturated rings. The van der Waals surface area contributed by atoms with Crippen molar-refractivity contribution in [1.82, 2.24) is 0 Å². The van der Waals surface area contributed by atoms with Gasteiger partial charge in [-0.3, -0.25) is 0 Å². The topological polar surface area (TPSA) is 83.8 Å². The van der Waals surface area contributed by atoms with Crippen molar-refractivity contribution < 1.29 is 22.8 Å². The molecule has 6 heteroatoms. The van der Waals surface area contributed by atoms with Gasteiger partial charge in [0.05, 0.1) is 5.75 Å². The first-order valence-corrected chi connectivity index (χ1v) is 9.46. The van der Waals surface area contributed by atoms with Gasteiger partial charge in [0.2, 0.25) is 0 Å². The van der Waals surface area contributed by atoms with Crippen LogP contribution in [0, 0.1) is 0 Å². The summed E-state index contributed by atoms with van der Waals surface area (Å²) in [7, 11) is -3.94. The molecule has 1 aliphatic heterocycles. The zero-order valence-corrected chi connectivity index (χ0v) is 14.7. The molecule has 0 bridgehead atoms. The van der Waals surface area contributed by atoms with Crippen LogP contribution in [0.2, 0.25) is 0 Å². The summed E-state index contributed by atoms with van der Waals surface area (Å²) >= 11 is 0. The second-order valence-electron chi connectivity index (χ2n) is 5.90. The normalized spacial score (nSPS) is 21.2. The molecule has 2 aromatic carbocycles. The van der Waals surface area contributed by atoms with Crippen LogP contribution in [0.25, 0.3) is 0 Å². The van der Waals surface area contributed by atoms with Gasteiger partial charge >= 0.3 is 0 Å². The monoisotopic (exact) mass is 370 g/mol. The molecule has 2 N–H and O–H groups in total. The van der Waals surface area contributed by atoms with Gasteiger partial charge < -0.3 is 10.2 Å². The Morgan fingerprint density at radius 1 is 0.885 bits per heavy atom. The predicted octanol–water partition coefficient (Wildman–Crippen LogP) is 3.37. The number of phenolic OH excluding ortho intramolecular Hbond substituents is 2. The van der Waals surface area contributed by atoms with Crippen LogP contribution in [0.3, 0.4) is 0 Å². The number of allylic oxidation sites excluding steroid dienone is 2. The molecular formula is C20H18O5S. The molecule has 1 aliphatic rings. The van der Waals surface area contributed by atoms with E-state index in [2.05, 4.69) is 6.58 Å². The van der Waals surface area contributed by atoms with E-state index < -0.39 is 15.7 Å². The van der Waals surface area contributed by atoms with Crippen LogP contribution in [0.5, 0.6) is 11.5 Å². The third kappa shape index (κ3) is 3.42. The van der Waals surface area contributed by atoms with E-state index in [1.165, 1.54) is 30.3 Å². The van der Waals surface area contributed by atoms with Gasteiger partial charge in [-0.25, -0.2) is 4.18 Å². The molecule has 0 amide bonds. The molecule has 1 heterocycles. The smallest absolute Gasteiger partial charge is 0.272 e. The maximum atomic E-state index is 12.6. The summed E-state index contributed by atoms with van der Waals surface area (Å²) in [5.41, 5.74) is -0.158. The van der Waals surface area contributed by atoms with Gasteiger partial charge in [0.25, 0.3) is 10.1 Å². The summed E-state index contributed by atoms with van der Waals surface area (Å²) in [6.07, 6.45) is 6.48. The van der Waals surface area contributed by atoms with Crippen LogP contribution >= 0.6 is 0 Å². The van der Waals surface area contributed by atoms with Crippen molar-refractivity contribution in [2.45, 2.75) is 5.60 Å². The van der Waals surface area contributed by atoms with Crippen molar-refractivity contribution in [1.29, 1.82) is 0 Å². The molecule has 0 aliphatic carbocycles. The standard InChI is InChI=1S/C20H18O5S/c1-15-5-3-2-4-14-26(23,24)25-20(15,16-6-10-18(21)11-7-16)17-8-12-19(22)13-9-17/h2-13,21-22H,1,14H2/b4-2-,5-3-. The maximum Gasteiger partial charge on any atom is 0.272 e. The van der Waals surface area contributed by atoms with Crippen molar-refractivity contribution in [2.75, 3.05) is 5.75 Å². The van der Waals surface area contributed by atoms with Crippen LogP contribution in [0.1, 0.15) is 11.1 Å². The second-order valence-corrected chi connectivity index (χ2v) is 7.51. The van der Waals surface area contributed by atoms with E-state index in [4.69, 9.17) is 4.18 Å². The number of hydrogen-bond donors (Lipinski definition) is 2. The van der Waals surface area contributed by atoms with Gasteiger partial charge in [0, 0.05) is 0 Å². The van der Waals surface area contributed by atoms with E-state index in [0.29, 0.717) is 16.7 Å². The molecule has 5 nitrogen and oxygen atoms in total. The first-order chi connectivity index (χ1) is 12.3. The van der Waals surface area contributed by atoms with E-state index >= 15 is 0 Å². The summed E-state index contributed by atoms with van der Waals surface area (Å²) < 4.78 is 30.9. The van der Waals surface area contributed by atoms with Crippen LogP contribution in [-0.2, 0) is 19.9 Å². The molecule has 0 atom stereocenters. The minimum absolute atomic E-state index is 0.0448. The Morgan fingerprint density at radius 2 is 1.38 bits per heavy atom. The molecule has 3 rings (SSSR count). The number of aromatic hydroxyl groups is 2. The first kappa shape index (κ1) is 18.0. The van der Waals surface area contributed by atoms with E-state index in [0.717, 1.165) is 0 Å². The highest BCUT2D eigenvalue weighted by atomic mass is 32.2. The van der Waals surface area contributed by atoms with Crippen LogP contribution in [0.15, 0.2) is 85.0 Å². The lowest BCUT2D eigenvalue weighted by atomic mass is 9.80. The van der Waals surface area contributed by atoms with Gasteiger partial charge in [-0.05, 0) is 41.0 Å². The molecular weight excluding hydrogens is 352 g/mol. The third-order valence-corrected chi connectivity index (χ3v) is 5.20. The van der Waals surface area contributed by atoms with Crippen molar-refractivity contribution in [2.24, 2.45) is 0 Å². The minimum Gasteiger partial charge on any atom is -0.508 e. The lowest BCUT2D eigenvalue weighted by Crippen LogP contribution is -2.35. The number of hydrogen-bond acceptors (Lipinski definition) is 5. The van der Waals surface area contributed by atoms with E-state index in [9.17, 15) is 18.6 Å². The van der Waals surface area contributed by atoms with E-state index in [1.807, 2.05) is 0 Å². The summed E-state index contributed by atoms with van der Waals surface area (Å²) in [5.74, 6) is -0.200. The lowest BCUT2D eigenvalue weighted by molar-refractivity contribution is 0.164. The summed E-state index contributed by atoms with van der Waals surface area (Å²) in [6, 6.07) is 12.2. The van der Waals surface area contributed by atoms with Gasteiger partial charge in [-0.15, -0.1) is 0 Å². The summed E-state index contributed by atoms with van der Waals surface area (Å²) in [5, 5.41) is 19.2. The highest BCUT2D eigenvalue weighted by Crippen LogP contribution is 2.43. The van der Waals surface area contributed by atoms with E-state index in [1.54, 1.807) is 42.5 Å². The Balaban J connectivity index is 2.32. The largest absolute Gasteiger partial charge is 0.508 e. The van der Waals surface area contributed by atoms with Crippen LogP contribution in [0.4, 0.5) is 0 Å². The van der Waals surface area contributed by atoms with Crippen LogP contribution < -0.4 is 0 Å². The summed E-state index contributed by atoms with van der Waals surface area (Å²) in [4.78, 5) is 0. The molecule has 0 saturated heterocycles. The van der Waals surface area contributed by atoms with E-state index in [-0.39, 0.29) is 17.3 Å². The molecule has 2 aromatic rings. The van der Waals surface area contributed by atoms with Crippen molar-refractivity contribution in [3.05, 3.63) is 96.1 Å². The molecule has 26 heavy (non-hydrogen) atoms. The van der Waals surface area contributed by atoms with Gasteiger partial charge in [0.1, 0.15) is 11.5 Å². The average molecular weight is 370 g/mol. The highest BCUT2D eigenvalue weighted by molar-refractivity contribution is 7.86. The Hall–Kier alpha value is -2.83. The molecule has 134 valence electrons. The number of benzene rings is 2. The fourth-order valence-electron chi connectivity index (χ4n) is 2.84. The molecule has 0 aromatic heterocycles. The maximum absolute atomic E-state index is 12.6. The van der Waals surface area contributed by atoms with Gasteiger partial charge in [-0.1, -0.05) is 55.1 Å². The molecule has 0 saturated carbocycles. The third-order valence-electron chi connectivity index (χ3n) is 4.10. The van der Waals surface area contributed by atoms with Gasteiger partial charge in [0.15, 0.2) is 5.60 Å². The Labute approximate surface area is 152 Å². The van der Waals surface area contributed by atoms with Crippen molar-refractivity contribution in [3.8, 4) is 11.5 Å². The van der Waals surface area contributed by atoms with Crippen molar-refractivity contribution in [3.63, 3.8) is 0 Å². The first-order valence-electron chi connectivity index (χ1n) is 7.88.